The molecule has 1 aromatic rings. The maximum absolute atomic E-state index is 12.4. The number of methoxy groups -OCH3 is 1. The number of amides is 1. The monoisotopic (exact) mass is 357 g/mol. The Bertz CT molecular complexity index is 668. The van der Waals surface area contributed by atoms with E-state index in [4.69, 9.17) is 10.00 Å². The third-order valence-corrected chi connectivity index (χ3v) is 5.16. The second-order valence-corrected chi connectivity index (χ2v) is 7.11. The van der Waals surface area contributed by atoms with Crippen LogP contribution >= 0.6 is 11.8 Å². The van der Waals surface area contributed by atoms with Gasteiger partial charge in [0.25, 0.3) is 5.91 Å². The van der Waals surface area contributed by atoms with E-state index in [0.29, 0.717) is 5.75 Å². The number of carbonyl (C=O) groups is 1. The molecular formula is C14H19N3O4S2. The first-order valence-electron chi connectivity index (χ1n) is 6.76. The van der Waals surface area contributed by atoms with Crippen LogP contribution in [0, 0.1) is 11.5 Å². The number of benzene rings is 1. The summed E-state index contributed by atoms with van der Waals surface area (Å²) in [5.41, 5.74) is 0. The number of nitrogens with zero attached hydrogens (tertiary/aromatic N) is 2. The fourth-order valence-corrected chi connectivity index (χ4v) is 3.65. The van der Waals surface area contributed by atoms with Crippen molar-refractivity contribution in [3.05, 3.63) is 24.3 Å². The number of thioether (sulfide) groups is 1. The van der Waals surface area contributed by atoms with E-state index in [9.17, 15) is 13.2 Å². The number of nitrogens with one attached hydrogen (secondary N) is 1. The molecule has 0 bridgehead atoms. The maximum Gasteiger partial charge on any atom is 0.254 e. The van der Waals surface area contributed by atoms with Gasteiger partial charge in [-0.25, -0.2) is 13.3 Å². The van der Waals surface area contributed by atoms with Crippen molar-refractivity contribution in [2.24, 2.45) is 0 Å². The van der Waals surface area contributed by atoms with Gasteiger partial charge in [0.2, 0.25) is 10.0 Å². The average molecular weight is 357 g/mol. The average Bonchev–Trinajstić information content (AvgIpc) is 2.55. The number of carbonyl (C=O) groups excluding carboxylic acids is 1. The molecule has 0 heterocycles. The zero-order valence-electron chi connectivity index (χ0n) is 13.1. The second kappa shape index (κ2) is 8.76. The van der Waals surface area contributed by atoms with Crippen molar-refractivity contribution < 1.29 is 17.9 Å². The molecule has 0 aliphatic rings. The lowest BCUT2D eigenvalue weighted by Gasteiger charge is -2.20. The maximum atomic E-state index is 12.4. The highest BCUT2D eigenvalue weighted by Gasteiger charge is 2.28. The molecule has 1 aromatic carbocycles. The van der Waals surface area contributed by atoms with Crippen LogP contribution in [0.5, 0.6) is 5.75 Å². The molecule has 126 valence electrons. The van der Waals surface area contributed by atoms with Gasteiger partial charge in [-0.05, 0) is 37.4 Å². The number of hydrogen-bond acceptors (Lipinski definition) is 6. The Labute approximate surface area is 140 Å². The van der Waals surface area contributed by atoms with Gasteiger partial charge in [-0.3, -0.25) is 4.79 Å². The summed E-state index contributed by atoms with van der Waals surface area (Å²) in [5, 5.41) is 8.94. The molecule has 1 rings (SSSR count). The third kappa shape index (κ3) is 5.13. The third-order valence-electron chi connectivity index (χ3n) is 3.00. The fourth-order valence-electron chi connectivity index (χ4n) is 1.80. The lowest BCUT2D eigenvalue weighted by atomic mass is 10.3. The highest BCUT2D eigenvalue weighted by molar-refractivity contribution is 7.98. The molecule has 0 aliphatic heterocycles. The standard InChI is InChI=1S/C14H19N3O4S2/c1-4-17(10-15)14(18)13(9-22-3)16-23(19,20)12-7-5-11(21-2)6-8-12/h5-8,13,16H,4,9H2,1-3H3. The van der Waals surface area contributed by atoms with Crippen molar-refractivity contribution >= 4 is 27.7 Å². The summed E-state index contributed by atoms with van der Waals surface area (Å²) in [6.45, 7) is 1.83. The molecule has 0 spiro atoms. The SMILES string of the molecule is CCN(C#N)C(=O)C(CSC)NS(=O)(=O)c1ccc(OC)cc1. The quantitative estimate of drug-likeness (QED) is 0.551. The Morgan fingerprint density at radius 3 is 2.48 bits per heavy atom. The molecule has 0 aliphatic carbocycles. The largest absolute Gasteiger partial charge is 0.497 e. The van der Waals surface area contributed by atoms with E-state index in [2.05, 4.69) is 4.72 Å². The van der Waals surface area contributed by atoms with Crippen molar-refractivity contribution in [3.8, 4) is 11.9 Å². The first-order valence-corrected chi connectivity index (χ1v) is 9.63. The smallest absolute Gasteiger partial charge is 0.254 e. The Hall–Kier alpha value is -1.76. The summed E-state index contributed by atoms with van der Waals surface area (Å²) < 4.78 is 32.2. The molecule has 1 amide bonds. The van der Waals surface area contributed by atoms with Crippen LogP contribution in [0.15, 0.2) is 29.2 Å². The van der Waals surface area contributed by atoms with Crippen LogP contribution in [0.2, 0.25) is 0 Å². The van der Waals surface area contributed by atoms with Gasteiger partial charge in [-0.2, -0.15) is 21.7 Å². The first kappa shape index (κ1) is 19.3. The van der Waals surface area contributed by atoms with E-state index in [1.165, 1.54) is 43.1 Å². The van der Waals surface area contributed by atoms with E-state index in [1.54, 1.807) is 19.4 Å². The number of rotatable bonds is 8. The predicted molar refractivity (Wildman–Crippen MR) is 88.5 cm³/mol. The fraction of sp³-hybridized carbons (Fsp3) is 0.429. The van der Waals surface area contributed by atoms with Crippen LogP contribution in [0.3, 0.4) is 0 Å². The molecule has 1 atom stereocenters. The highest BCUT2D eigenvalue weighted by Crippen LogP contribution is 2.16. The van der Waals surface area contributed by atoms with Crippen molar-refractivity contribution in [2.45, 2.75) is 17.9 Å². The van der Waals surface area contributed by atoms with E-state index in [1.807, 2.05) is 0 Å². The summed E-state index contributed by atoms with van der Waals surface area (Å²) in [6.07, 6.45) is 3.51. The van der Waals surface area contributed by atoms with Gasteiger partial charge in [0, 0.05) is 12.3 Å². The number of nitriles is 1. The number of likely N-dealkylation sites (N-methyl/N-ethyl adjacent to an activating group) is 1. The molecule has 1 N–H and O–H groups in total. The zero-order valence-corrected chi connectivity index (χ0v) is 14.8. The first-order chi connectivity index (χ1) is 10.9. The van der Waals surface area contributed by atoms with Crippen molar-refractivity contribution in [2.75, 3.05) is 25.7 Å². The summed E-state index contributed by atoms with van der Waals surface area (Å²) >= 11 is 1.31. The van der Waals surface area contributed by atoms with Crippen LogP contribution in [0.1, 0.15) is 6.92 Å². The van der Waals surface area contributed by atoms with Crippen molar-refractivity contribution in [1.82, 2.24) is 9.62 Å². The van der Waals surface area contributed by atoms with Gasteiger partial charge in [0.1, 0.15) is 11.8 Å². The Kier molecular flexibility index (Phi) is 7.35. The number of hydrogen-bond donors (Lipinski definition) is 1. The van der Waals surface area contributed by atoms with Gasteiger partial charge in [-0.1, -0.05) is 0 Å². The molecule has 0 aromatic heterocycles. The molecule has 0 saturated carbocycles. The molecule has 7 nitrogen and oxygen atoms in total. The Morgan fingerprint density at radius 1 is 1.43 bits per heavy atom. The van der Waals surface area contributed by atoms with Crippen molar-refractivity contribution in [3.63, 3.8) is 0 Å². The van der Waals surface area contributed by atoms with Crippen LogP contribution in [-0.4, -0.2) is 50.9 Å². The zero-order chi connectivity index (χ0) is 17.5. The van der Waals surface area contributed by atoms with E-state index >= 15 is 0 Å². The Morgan fingerprint density at radius 2 is 2.04 bits per heavy atom. The molecule has 0 radical (unpaired) electrons. The minimum absolute atomic E-state index is 0.0252. The van der Waals surface area contributed by atoms with Gasteiger partial charge >= 0.3 is 0 Å². The van der Waals surface area contributed by atoms with Crippen LogP contribution < -0.4 is 9.46 Å². The van der Waals surface area contributed by atoms with Gasteiger partial charge < -0.3 is 4.74 Å². The van der Waals surface area contributed by atoms with Gasteiger partial charge in [0.15, 0.2) is 6.19 Å². The molecule has 9 heteroatoms. The minimum Gasteiger partial charge on any atom is -0.497 e. The predicted octanol–water partition coefficient (Wildman–Crippen LogP) is 1.03. The van der Waals surface area contributed by atoms with E-state index < -0.39 is 22.0 Å². The second-order valence-electron chi connectivity index (χ2n) is 4.49. The van der Waals surface area contributed by atoms with Gasteiger partial charge in [-0.15, -0.1) is 0 Å². The van der Waals surface area contributed by atoms with E-state index in [-0.39, 0.29) is 17.2 Å². The van der Waals surface area contributed by atoms with Crippen LogP contribution in [0.25, 0.3) is 0 Å². The minimum atomic E-state index is -3.88. The summed E-state index contributed by atoms with van der Waals surface area (Å²) in [7, 11) is -2.40. The normalized spacial score (nSPS) is 12.3. The lowest BCUT2D eigenvalue weighted by molar-refractivity contribution is -0.129. The van der Waals surface area contributed by atoms with Crippen molar-refractivity contribution in [1.29, 1.82) is 5.26 Å². The number of ether oxygens (including phenoxy) is 1. The topological polar surface area (TPSA) is 99.5 Å². The lowest BCUT2D eigenvalue weighted by Crippen LogP contribution is -2.48. The highest BCUT2D eigenvalue weighted by atomic mass is 32.2. The summed E-state index contributed by atoms with van der Waals surface area (Å²) in [5.74, 6) is 0.190. The molecule has 0 fully saturated rings. The van der Waals surface area contributed by atoms with Crippen LogP contribution in [0.4, 0.5) is 0 Å². The molecule has 23 heavy (non-hydrogen) atoms. The molecule has 0 saturated heterocycles. The van der Waals surface area contributed by atoms with Crippen LogP contribution in [-0.2, 0) is 14.8 Å². The summed E-state index contributed by atoms with van der Waals surface area (Å²) in [6, 6.07) is 4.82. The summed E-state index contributed by atoms with van der Waals surface area (Å²) in [4.78, 5) is 13.2. The Balaban J connectivity index is 3.01. The van der Waals surface area contributed by atoms with E-state index in [0.717, 1.165) is 4.90 Å². The van der Waals surface area contributed by atoms with Gasteiger partial charge in [0.05, 0.1) is 12.0 Å². The molecular weight excluding hydrogens is 338 g/mol. The number of sulfonamides is 1. The molecule has 1 unspecified atom stereocenters.